The molecule has 2 aromatic heterocycles. The molecule has 0 fully saturated rings. The zero-order valence-electron chi connectivity index (χ0n) is 11.3. The number of nitrogens with zero attached hydrogens (tertiary/aromatic N) is 2. The van der Waals surface area contributed by atoms with E-state index in [9.17, 15) is 9.59 Å². The fraction of sp³-hybridized carbons (Fsp3) is 0.0714. The van der Waals surface area contributed by atoms with Crippen LogP contribution in [0.25, 0.3) is 5.65 Å². The molecule has 0 unspecified atom stereocenters. The first-order valence-corrected chi connectivity index (χ1v) is 6.30. The lowest BCUT2D eigenvalue weighted by molar-refractivity contribution is 0.100. The second kappa shape index (κ2) is 4.78. The Morgan fingerprint density at radius 3 is 2.71 bits per heavy atom. The van der Waals surface area contributed by atoms with Crippen LogP contribution in [0, 0.1) is 6.92 Å². The Bertz CT molecular complexity index is 880. The van der Waals surface area contributed by atoms with E-state index in [-0.39, 0.29) is 16.8 Å². The van der Waals surface area contributed by atoms with Crippen molar-refractivity contribution in [2.24, 2.45) is 5.73 Å². The third-order valence-corrected chi connectivity index (χ3v) is 3.03. The number of para-hydroxylation sites is 1. The molecule has 21 heavy (non-hydrogen) atoms. The number of aromatic nitrogens is 3. The van der Waals surface area contributed by atoms with Gasteiger partial charge >= 0.3 is 0 Å². The number of rotatable bonds is 3. The van der Waals surface area contributed by atoms with Crippen LogP contribution in [-0.4, -0.2) is 20.5 Å². The number of benzene rings is 1. The summed E-state index contributed by atoms with van der Waals surface area (Å²) in [6.07, 6.45) is 0. The van der Waals surface area contributed by atoms with E-state index < -0.39 is 5.91 Å². The molecule has 0 bridgehead atoms. The first-order chi connectivity index (χ1) is 10.1. The lowest BCUT2D eigenvalue weighted by atomic mass is 10.2. The summed E-state index contributed by atoms with van der Waals surface area (Å²) in [5.41, 5.74) is 6.77. The highest BCUT2D eigenvalue weighted by atomic mass is 16.1. The third kappa shape index (κ3) is 2.25. The van der Waals surface area contributed by atoms with Gasteiger partial charge in [0.05, 0.1) is 0 Å². The fourth-order valence-electron chi connectivity index (χ4n) is 2.14. The maximum atomic E-state index is 12.0. The number of fused-ring (bicyclic) bond motifs is 1. The predicted octanol–water partition coefficient (Wildman–Crippen LogP) is 1.17. The molecule has 0 saturated carbocycles. The van der Waals surface area contributed by atoms with E-state index in [0.29, 0.717) is 11.5 Å². The van der Waals surface area contributed by atoms with E-state index in [4.69, 9.17) is 5.73 Å². The normalized spacial score (nSPS) is 10.7. The van der Waals surface area contributed by atoms with Crippen molar-refractivity contribution in [3.63, 3.8) is 0 Å². The Balaban J connectivity index is 2.23. The number of hydrogen-bond donors (Lipinski definition) is 3. The van der Waals surface area contributed by atoms with Gasteiger partial charge in [0.2, 0.25) is 0 Å². The molecule has 3 aromatic rings. The highest BCUT2D eigenvalue weighted by Gasteiger charge is 2.19. The third-order valence-electron chi connectivity index (χ3n) is 3.03. The Kier molecular flexibility index (Phi) is 2.94. The quantitative estimate of drug-likeness (QED) is 0.671. The number of hydrogen-bond acceptors (Lipinski definition) is 4. The smallest absolute Gasteiger partial charge is 0.272 e. The topological polar surface area (TPSA) is 105 Å². The molecule has 0 aliphatic heterocycles. The van der Waals surface area contributed by atoms with Crippen LogP contribution in [0.2, 0.25) is 0 Å². The van der Waals surface area contributed by atoms with Crippen LogP contribution in [-0.2, 0) is 0 Å². The first kappa shape index (κ1) is 12.9. The van der Waals surface area contributed by atoms with Crippen LogP contribution < -0.4 is 16.6 Å². The largest absolute Gasteiger partial charge is 0.365 e. The minimum Gasteiger partial charge on any atom is -0.365 e. The molecule has 0 saturated heterocycles. The number of carbonyl (C=O) groups excluding carboxylic acids is 1. The second-order valence-corrected chi connectivity index (χ2v) is 4.61. The van der Waals surface area contributed by atoms with Crippen molar-refractivity contribution < 1.29 is 4.79 Å². The summed E-state index contributed by atoms with van der Waals surface area (Å²) in [5.74, 6) is -0.325. The first-order valence-electron chi connectivity index (χ1n) is 6.30. The summed E-state index contributed by atoms with van der Waals surface area (Å²) in [6.45, 7) is 1.68. The summed E-state index contributed by atoms with van der Waals surface area (Å²) >= 11 is 0. The van der Waals surface area contributed by atoms with Crippen molar-refractivity contribution in [3.05, 3.63) is 58.0 Å². The van der Waals surface area contributed by atoms with Gasteiger partial charge < -0.3 is 11.1 Å². The van der Waals surface area contributed by atoms with Crippen molar-refractivity contribution in [2.75, 3.05) is 5.32 Å². The lowest BCUT2D eigenvalue weighted by Crippen LogP contribution is -2.16. The van der Waals surface area contributed by atoms with Crippen LogP contribution in [0.15, 0.2) is 41.2 Å². The molecule has 4 N–H and O–H groups in total. The van der Waals surface area contributed by atoms with E-state index in [1.807, 2.05) is 30.3 Å². The Labute approximate surface area is 119 Å². The second-order valence-electron chi connectivity index (χ2n) is 4.61. The number of primary amides is 1. The number of H-pyrrole nitrogens is 1. The van der Waals surface area contributed by atoms with E-state index in [1.54, 1.807) is 6.92 Å². The van der Waals surface area contributed by atoms with Crippen molar-refractivity contribution in [1.82, 2.24) is 14.6 Å². The number of aromatic amines is 1. The van der Waals surface area contributed by atoms with Crippen LogP contribution in [0.3, 0.4) is 0 Å². The number of carbonyl (C=O) groups is 1. The Morgan fingerprint density at radius 1 is 1.33 bits per heavy atom. The van der Waals surface area contributed by atoms with Crippen LogP contribution in [0.1, 0.15) is 16.1 Å². The van der Waals surface area contributed by atoms with E-state index >= 15 is 0 Å². The van der Waals surface area contributed by atoms with Crippen LogP contribution in [0.4, 0.5) is 11.5 Å². The summed E-state index contributed by atoms with van der Waals surface area (Å²) in [6, 6.07) is 10.6. The van der Waals surface area contributed by atoms with Gasteiger partial charge in [-0.3, -0.25) is 14.7 Å². The molecule has 7 heteroatoms. The minimum absolute atomic E-state index is 0.152. The molecule has 0 aliphatic rings. The molecular weight excluding hydrogens is 270 g/mol. The van der Waals surface area contributed by atoms with Crippen molar-refractivity contribution in [1.29, 1.82) is 0 Å². The number of nitrogens with one attached hydrogen (secondary N) is 2. The van der Waals surface area contributed by atoms with Crippen LogP contribution in [0.5, 0.6) is 0 Å². The van der Waals surface area contributed by atoms with Crippen molar-refractivity contribution >= 4 is 23.1 Å². The maximum Gasteiger partial charge on any atom is 0.272 e. The molecule has 106 valence electrons. The van der Waals surface area contributed by atoms with E-state index in [2.05, 4.69) is 15.4 Å². The highest BCUT2D eigenvalue weighted by Crippen LogP contribution is 2.21. The molecule has 0 atom stereocenters. The molecule has 1 amide bonds. The lowest BCUT2D eigenvalue weighted by Gasteiger charge is -2.04. The van der Waals surface area contributed by atoms with E-state index in [0.717, 1.165) is 5.69 Å². The summed E-state index contributed by atoms with van der Waals surface area (Å²) < 4.78 is 1.19. The van der Waals surface area contributed by atoms with Gasteiger partial charge in [0, 0.05) is 17.4 Å². The molecular formula is C14H13N5O2. The standard InChI is InChI=1S/C14H13N5O2/c1-8-7-10(20)19-14(16-8)11(12(15)21)13(18-19)17-9-5-3-2-4-6-9/h2-7,17-18H,1H3,(H2,15,21). The van der Waals surface area contributed by atoms with Gasteiger partial charge in [-0.05, 0) is 19.1 Å². The van der Waals surface area contributed by atoms with Gasteiger partial charge in [0.1, 0.15) is 11.4 Å². The monoisotopic (exact) mass is 283 g/mol. The number of aryl methyl sites for hydroxylation is 1. The number of nitrogens with two attached hydrogens (primary N) is 1. The Morgan fingerprint density at radius 2 is 2.05 bits per heavy atom. The minimum atomic E-state index is -0.662. The molecule has 0 spiro atoms. The molecule has 1 aromatic carbocycles. The average molecular weight is 283 g/mol. The van der Waals surface area contributed by atoms with Crippen molar-refractivity contribution in [2.45, 2.75) is 6.92 Å². The summed E-state index contributed by atoms with van der Waals surface area (Å²) in [4.78, 5) is 27.9. The summed E-state index contributed by atoms with van der Waals surface area (Å²) in [5, 5.41) is 5.85. The SMILES string of the molecule is Cc1cc(=O)n2[nH]c(Nc3ccccc3)c(C(N)=O)c2n1. The molecule has 3 rings (SSSR count). The van der Waals surface area contributed by atoms with Gasteiger partial charge in [0.25, 0.3) is 11.5 Å². The maximum absolute atomic E-state index is 12.0. The highest BCUT2D eigenvalue weighted by molar-refractivity contribution is 6.04. The van der Waals surface area contributed by atoms with Gasteiger partial charge in [-0.25, -0.2) is 4.98 Å². The van der Waals surface area contributed by atoms with Gasteiger partial charge in [-0.2, -0.15) is 4.52 Å². The molecule has 7 nitrogen and oxygen atoms in total. The average Bonchev–Trinajstić information content (AvgIpc) is 2.78. The van der Waals surface area contributed by atoms with Crippen molar-refractivity contribution in [3.8, 4) is 0 Å². The molecule has 0 radical (unpaired) electrons. The fourth-order valence-corrected chi connectivity index (χ4v) is 2.14. The van der Waals surface area contributed by atoms with Gasteiger partial charge in [0.15, 0.2) is 5.65 Å². The van der Waals surface area contributed by atoms with Crippen LogP contribution >= 0.6 is 0 Å². The van der Waals surface area contributed by atoms with Gasteiger partial charge in [-0.15, -0.1) is 0 Å². The van der Waals surface area contributed by atoms with Gasteiger partial charge in [-0.1, -0.05) is 18.2 Å². The zero-order chi connectivity index (χ0) is 15.0. The van der Waals surface area contributed by atoms with E-state index in [1.165, 1.54) is 10.6 Å². The Hall–Kier alpha value is -3.09. The predicted molar refractivity (Wildman–Crippen MR) is 78.8 cm³/mol. The summed E-state index contributed by atoms with van der Waals surface area (Å²) in [7, 11) is 0. The number of anilines is 2. The number of amides is 1. The zero-order valence-corrected chi connectivity index (χ0v) is 11.3. The molecule has 0 aliphatic carbocycles. The molecule has 2 heterocycles.